The van der Waals surface area contributed by atoms with E-state index < -0.39 is 46.6 Å². The van der Waals surface area contributed by atoms with Crippen molar-refractivity contribution in [2.45, 2.75) is 45.0 Å². The molecule has 41 heavy (non-hydrogen) atoms. The van der Waals surface area contributed by atoms with Crippen molar-refractivity contribution in [3.8, 4) is 11.1 Å². The molecule has 0 radical (unpaired) electrons. The van der Waals surface area contributed by atoms with Gasteiger partial charge in [-0.05, 0) is 60.9 Å². The van der Waals surface area contributed by atoms with E-state index in [4.69, 9.17) is 9.47 Å². The third-order valence-corrected chi connectivity index (χ3v) is 7.02. The van der Waals surface area contributed by atoms with Gasteiger partial charge in [-0.3, -0.25) is 4.79 Å². The maximum absolute atomic E-state index is 14.7. The van der Waals surface area contributed by atoms with Gasteiger partial charge in [-0.1, -0.05) is 52.3 Å². The lowest BCUT2D eigenvalue weighted by atomic mass is 9.90. The SMILES string of the molecule is COC(=O)[C@H](Cc1cccc2c(-c3c(C(F)(F)F)c4cc(Br)ccc4n(C)c3=O)cccc12)NC(=O)OC(C)(C)C. The monoisotopic (exact) mass is 632 g/mol. The van der Waals surface area contributed by atoms with E-state index in [1.807, 2.05) is 0 Å². The number of benzene rings is 3. The highest BCUT2D eigenvalue weighted by Crippen LogP contribution is 2.42. The second kappa shape index (κ2) is 11.2. The number of aromatic nitrogens is 1. The van der Waals surface area contributed by atoms with Crippen molar-refractivity contribution in [1.29, 1.82) is 0 Å². The van der Waals surface area contributed by atoms with Crippen LogP contribution in [0.15, 0.2) is 63.9 Å². The Labute approximate surface area is 242 Å². The van der Waals surface area contributed by atoms with E-state index in [1.54, 1.807) is 57.2 Å². The summed E-state index contributed by atoms with van der Waals surface area (Å²) in [6.45, 7) is 5.03. The van der Waals surface area contributed by atoms with Gasteiger partial charge in [-0.25, -0.2) is 9.59 Å². The molecule has 216 valence electrons. The Balaban J connectivity index is 1.92. The molecule has 0 aliphatic rings. The van der Waals surface area contributed by atoms with Gasteiger partial charge in [0.05, 0.1) is 23.8 Å². The minimum Gasteiger partial charge on any atom is -0.467 e. The predicted octanol–water partition coefficient (Wildman–Crippen LogP) is 6.75. The zero-order chi connectivity index (χ0) is 30.3. The predicted molar refractivity (Wildman–Crippen MR) is 154 cm³/mol. The molecule has 4 rings (SSSR count). The van der Waals surface area contributed by atoms with Crippen LogP contribution in [0.4, 0.5) is 18.0 Å². The Morgan fingerprint density at radius 3 is 2.29 bits per heavy atom. The Hall–Kier alpha value is -3.86. The molecular weight excluding hydrogens is 605 g/mol. The van der Waals surface area contributed by atoms with Gasteiger partial charge < -0.3 is 19.4 Å². The van der Waals surface area contributed by atoms with Crippen molar-refractivity contribution in [2.24, 2.45) is 7.05 Å². The van der Waals surface area contributed by atoms with Gasteiger partial charge in [-0.15, -0.1) is 0 Å². The topological polar surface area (TPSA) is 86.6 Å². The minimum absolute atomic E-state index is 0.0402. The highest BCUT2D eigenvalue weighted by atomic mass is 79.9. The zero-order valence-corrected chi connectivity index (χ0v) is 24.6. The van der Waals surface area contributed by atoms with Gasteiger partial charge in [0, 0.05) is 23.3 Å². The molecule has 11 heteroatoms. The Kier molecular flexibility index (Phi) is 8.22. The number of methoxy groups -OCH3 is 1. The number of hydrogen-bond donors (Lipinski definition) is 1. The average molecular weight is 633 g/mol. The molecule has 0 saturated carbocycles. The molecule has 1 aromatic heterocycles. The normalized spacial score (nSPS) is 12.8. The van der Waals surface area contributed by atoms with Gasteiger partial charge in [0.25, 0.3) is 5.56 Å². The molecule has 0 fully saturated rings. The van der Waals surface area contributed by atoms with Gasteiger partial charge in [0.1, 0.15) is 11.6 Å². The summed E-state index contributed by atoms with van der Waals surface area (Å²) in [4.78, 5) is 38.5. The summed E-state index contributed by atoms with van der Waals surface area (Å²) < 4.78 is 55.8. The van der Waals surface area contributed by atoms with Gasteiger partial charge >= 0.3 is 18.2 Å². The second-order valence-electron chi connectivity index (χ2n) is 10.5. The standard InChI is InChI=1S/C30H28BrF3N2O5/c1-29(2,3)41-28(39)35-22(27(38)40-5)14-16-8-6-10-19-18(16)9-7-11-20(19)24-25(30(32,33)34)21-15-17(31)12-13-23(21)36(4)26(24)37/h6-13,15,22H,14H2,1-5H3,(H,35,39)/t22-/m0/s1. The molecule has 1 amide bonds. The first-order chi connectivity index (χ1) is 19.1. The Morgan fingerprint density at radius 2 is 1.66 bits per heavy atom. The third kappa shape index (κ3) is 6.24. The van der Waals surface area contributed by atoms with Gasteiger partial charge in [0.2, 0.25) is 0 Å². The summed E-state index contributed by atoms with van der Waals surface area (Å²) in [5.41, 5.74) is -2.35. The molecule has 0 spiro atoms. The van der Waals surface area contributed by atoms with Crippen molar-refractivity contribution >= 4 is 49.7 Å². The van der Waals surface area contributed by atoms with Crippen LogP contribution in [-0.4, -0.2) is 35.4 Å². The van der Waals surface area contributed by atoms with E-state index in [2.05, 4.69) is 21.2 Å². The number of esters is 1. The van der Waals surface area contributed by atoms with Gasteiger partial charge in [-0.2, -0.15) is 13.2 Å². The van der Waals surface area contributed by atoms with Crippen molar-refractivity contribution in [3.05, 3.63) is 80.6 Å². The summed E-state index contributed by atoms with van der Waals surface area (Å²) in [5.74, 6) is -0.725. The summed E-state index contributed by atoms with van der Waals surface area (Å²) in [6, 6.07) is 12.9. The summed E-state index contributed by atoms with van der Waals surface area (Å²) in [5, 5.41) is 3.28. The van der Waals surface area contributed by atoms with Crippen LogP contribution in [0, 0.1) is 0 Å². The number of rotatable bonds is 5. The van der Waals surface area contributed by atoms with E-state index in [0.717, 1.165) is 0 Å². The molecule has 0 saturated heterocycles. The number of amides is 1. The molecule has 0 unspecified atom stereocenters. The highest BCUT2D eigenvalue weighted by molar-refractivity contribution is 9.10. The van der Waals surface area contributed by atoms with E-state index in [-0.39, 0.29) is 22.9 Å². The zero-order valence-electron chi connectivity index (χ0n) is 23.0. The number of alkyl carbamates (subject to hydrolysis) is 1. The number of pyridine rings is 1. The number of carbonyl (C=O) groups excluding carboxylic acids is 2. The lowest BCUT2D eigenvalue weighted by Gasteiger charge is -2.23. The summed E-state index contributed by atoms with van der Waals surface area (Å²) >= 11 is 3.25. The number of halogens is 4. The largest absolute Gasteiger partial charge is 0.467 e. The van der Waals surface area contributed by atoms with E-state index in [0.29, 0.717) is 20.8 Å². The average Bonchev–Trinajstić information content (AvgIpc) is 2.87. The number of ether oxygens (including phenoxy) is 2. The fraction of sp³-hybridized carbons (Fsp3) is 0.300. The number of nitrogens with one attached hydrogen (secondary N) is 1. The van der Waals surface area contributed by atoms with Crippen LogP contribution in [0.5, 0.6) is 0 Å². The van der Waals surface area contributed by atoms with Crippen LogP contribution in [0.25, 0.3) is 32.8 Å². The van der Waals surface area contributed by atoms with Crippen LogP contribution < -0.4 is 10.9 Å². The molecule has 4 aromatic rings. The molecule has 0 aliphatic carbocycles. The molecule has 1 atom stereocenters. The van der Waals surface area contributed by atoms with Crippen molar-refractivity contribution in [1.82, 2.24) is 9.88 Å². The lowest BCUT2D eigenvalue weighted by Crippen LogP contribution is -2.45. The van der Waals surface area contributed by atoms with Gasteiger partial charge in [0.15, 0.2) is 0 Å². The van der Waals surface area contributed by atoms with E-state index in [9.17, 15) is 27.6 Å². The first kappa shape index (κ1) is 30.1. The highest BCUT2D eigenvalue weighted by Gasteiger charge is 2.38. The van der Waals surface area contributed by atoms with Crippen LogP contribution in [0.3, 0.4) is 0 Å². The molecule has 1 heterocycles. The number of nitrogens with zero attached hydrogens (tertiary/aromatic N) is 1. The molecule has 3 aromatic carbocycles. The quantitative estimate of drug-likeness (QED) is 0.246. The maximum Gasteiger partial charge on any atom is 0.417 e. The van der Waals surface area contributed by atoms with Crippen LogP contribution in [0.2, 0.25) is 0 Å². The molecule has 7 nitrogen and oxygen atoms in total. The number of carbonyl (C=O) groups is 2. The van der Waals surface area contributed by atoms with Crippen molar-refractivity contribution in [2.75, 3.05) is 7.11 Å². The third-order valence-electron chi connectivity index (χ3n) is 6.52. The Bertz CT molecular complexity index is 1720. The molecular formula is C30H28BrF3N2O5. The van der Waals surface area contributed by atoms with E-state index in [1.165, 1.54) is 36.9 Å². The fourth-order valence-corrected chi connectivity index (χ4v) is 5.20. The first-order valence-electron chi connectivity index (χ1n) is 12.6. The van der Waals surface area contributed by atoms with E-state index >= 15 is 0 Å². The molecule has 0 aliphatic heterocycles. The summed E-state index contributed by atoms with van der Waals surface area (Å²) in [7, 11) is 2.61. The number of fused-ring (bicyclic) bond motifs is 2. The molecule has 0 bridgehead atoms. The molecule has 1 N–H and O–H groups in total. The van der Waals surface area contributed by atoms with Crippen molar-refractivity contribution < 1.29 is 32.2 Å². The fourth-order valence-electron chi connectivity index (χ4n) is 4.84. The van der Waals surface area contributed by atoms with Crippen LogP contribution in [-0.2, 0) is 33.9 Å². The Morgan fingerprint density at radius 1 is 1.00 bits per heavy atom. The van der Waals surface area contributed by atoms with Crippen molar-refractivity contribution in [3.63, 3.8) is 0 Å². The minimum atomic E-state index is -4.84. The maximum atomic E-state index is 14.7. The van der Waals surface area contributed by atoms with Crippen LogP contribution >= 0.6 is 15.9 Å². The second-order valence-corrected chi connectivity index (χ2v) is 11.4. The number of alkyl halides is 3. The number of hydrogen-bond acceptors (Lipinski definition) is 5. The van der Waals surface area contributed by atoms with Crippen LogP contribution in [0.1, 0.15) is 31.9 Å². The lowest BCUT2D eigenvalue weighted by molar-refractivity contribution is -0.143. The summed E-state index contributed by atoms with van der Waals surface area (Å²) in [6.07, 6.45) is -5.70. The number of aryl methyl sites for hydroxylation is 1. The smallest absolute Gasteiger partial charge is 0.417 e. The first-order valence-corrected chi connectivity index (χ1v) is 13.4.